The van der Waals surface area contributed by atoms with Gasteiger partial charge in [0.2, 0.25) is 0 Å². The van der Waals surface area contributed by atoms with Gasteiger partial charge in [-0.3, -0.25) is 0 Å². The van der Waals surface area contributed by atoms with Gasteiger partial charge < -0.3 is 10.4 Å². The van der Waals surface area contributed by atoms with Crippen LogP contribution in [0.2, 0.25) is 5.02 Å². The normalized spacial score (nSPS) is 10.5. The lowest BCUT2D eigenvalue weighted by Crippen LogP contribution is -2.10. The molecule has 1 aromatic rings. The minimum Gasteiger partial charge on any atom is -0.508 e. The molecule has 1 rings (SSSR count). The van der Waals surface area contributed by atoms with Crippen LogP contribution in [0.5, 0.6) is 5.75 Å². The number of benzene rings is 1. The van der Waals surface area contributed by atoms with Crippen LogP contribution in [0.3, 0.4) is 0 Å². The summed E-state index contributed by atoms with van der Waals surface area (Å²) in [6.45, 7) is 2.86. The van der Waals surface area contributed by atoms with Crippen molar-refractivity contribution in [1.82, 2.24) is 5.32 Å². The van der Waals surface area contributed by atoms with E-state index < -0.39 is 0 Å². The molecule has 0 heterocycles. The average molecular weight is 214 g/mol. The third-order valence-corrected chi connectivity index (χ3v) is 2.62. The van der Waals surface area contributed by atoms with Crippen molar-refractivity contribution in [3.8, 4) is 5.75 Å². The molecule has 3 heteroatoms. The van der Waals surface area contributed by atoms with E-state index in [1.54, 1.807) is 6.07 Å². The highest BCUT2D eigenvalue weighted by atomic mass is 35.5. The highest BCUT2D eigenvalue weighted by Crippen LogP contribution is 2.26. The molecule has 0 bridgehead atoms. The van der Waals surface area contributed by atoms with Crippen LogP contribution in [-0.2, 0) is 12.8 Å². The highest BCUT2D eigenvalue weighted by Gasteiger charge is 2.06. The van der Waals surface area contributed by atoms with Gasteiger partial charge in [-0.1, -0.05) is 18.5 Å². The summed E-state index contributed by atoms with van der Waals surface area (Å²) in [6.07, 6.45) is 1.64. The topological polar surface area (TPSA) is 32.3 Å². The fraction of sp³-hybridized carbons (Fsp3) is 0.455. The van der Waals surface area contributed by atoms with Gasteiger partial charge in [-0.25, -0.2) is 0 Å². The van der Waals surface area contributed by atoms with Crippen LogP contribution in [0.4, 0.5) is 0 Å². The zero-order valence-corrected chi connectivity index (χ0v) is 9.36. The molecular formula is C11H16ClNO. The molecule has 0 saturated heterocycles. The molecule has 0 aliphatic rings. The van der Waals surface area contributed by atoms with E-state index in [-0.39, 0.29) is 0 Å². The Balaban J connectivity index is 2.90. The Morgan fingerprint density at radius 3 is 2.64 bits per heavy atom. The van der Waals surface area contributed by atoms with E-state index in [4.69, 9.17) is 11.6 Å². The summed E-state index contributed by atoms with van der Waals surface area (Å²) >= 11 is 6.05. The summed E-state index contributed by atoms with van der Waals surface area (Å²) in [6, 6.07) is 3.61. The van der Waals surface area contributed by atoms with E-state index in [0.29, 0.717) is 5.75 Å². The monoisotopic (exact) mass is 213 g/mol. The zero-order chi connectivity index (χ0) is 10.6. The Morgan fingerprint density at radius 1 is 1.36 bits per heavy atom. The molecule has 0 aliphatic carbocycles. The number of hydrogen-bond donors (Lipinski definition) is 2. The number of nitrogens with one attached hydrogen (secondary N) is 1. The molecule has 0 fully saturated rings. The first-order valence-electron chi connectivity index (χ1n) is 4.84. The van der Waals surface area contributed by atoms with Crippen molar-refractivity contribution >= 4 is 11.6 Å². The molecule has 2 nitrogen and oxygen atoms in total. The predicted octanol–water partition coefficient (Wildman–Crippen LogP) is 2.37. The van der Waals surface area contributed by atoms with Crippen molar-refractivity contribution in [1.29, 1.82) is 0 Å². The molecule has 1 aromatic carbocycles. The van der Waals surface area contributed by atoms with Crippen LogP contribution in [-0.4, -0.2) is 18.7 Å². The Bertz CT molecular complexity index is 312. The van der Waals surface area contributed by atoms with Gasteiger partial charge in [0.15, 0.2) is 0 Å². The fourth-order valence-electron chi connectivity index (χ4n) is 1.38. The Kier molecular flexibility index (Phi) is 4.23. The second-order valence-corrected chi connectivity index (χ2v) is 3.69. The first-order valence-corrected chi connectivity index (χ1v) is 5.21. The lowest BCUT2D eigenvalue weighted by Gasteiger charge is -2.08. The van der Waals surface area contributed by atoms with Crippen LogP contribution in [0, 0.1) is 0 Å². The molecule has 0 spiro atoms. The van der Waals surface area contributed by atoms with Crippen LogP contribution < -0.4 is 5.32 Å². The summed E-state index contributed by atoms with van der Waals surface area (Å²) in [7, 11) is 1.89. The Hall–Kier alpha value is -0.730. The molecule has 14 heavy (non-hydrogen) atoms. The second-order valence-electron chi connectivity index (χ2n) is 3.28. The number of phenols is 1. The van der Waals surface area contributed by atoms with E-state index in [2.05, 4.69) is 5.32 Å². The van der Waals surface area contributed by atoms with Crippen molar-refractivity contribution in [2.75, 3.05) is 13.6 Å². The maximum absolute atomic E-state index is 9.69. The van der Waals surface area contributed by atoms with Gasteiger partial charge >= 0.3 is 0 Å². The lowest BCUT2D eigenvalue weighted by atomic mass is 10.1. The molecule has 0 unspecified atom stereocenters. The van der Waals surface area contributed by atoms with Crippen molar-refractivity contribution in [2.45, 2.75) is 19.8 Å². The number of aromatic hydroxyl groups is 1. The van der Waals surface area contributed by atoms with Gasteiger partial charge in [0, 0.05) is 5.02 Å². The Labute approximate surface area is 89.9 Å². The van der Waals surface area contributed by atoms with Crippen LogP contribution in [0.15, 0.2) is 12.1 Å². The summed E-state index contributed by atoms with van der Waals surface area (Å²) in [5, 5.41) is 13.5. The smallest absolute Gasteiger partial charge is 0.119 e. The van der Waals surface area contributed by atoms with Crippen molar-refractivity contribution in [3.05, 3.63) is 28.3 Å². The first-order chi connectivity index (χ1) is 6.69. The van der Waals surface area contributed by atoms with E-state index in [9.17, 15) is 5.11 Å². The Morgan fingerprint density at radius 2 is 2.07 bits per heavy atom. The fourth-order valence-corrected chi connectivity index (χ4v) is 1.70. The number of phenolic OH excluding ortho intramolecular Hbond substituents is 1. The first kappa shape index (κ1) is 11.3. The van der Waals surface area contributed by atoms with E-state index >= 15 is 0 Å². The molecule has 0 aliphatic heterocycles. The molecule has 0 radical (unpaired) electrons. The largest absolute Gasteiger partial charge is 0.508 e. The van der Waals surface area contributed by atoms with Crippen LogP contribution >= 0.6 is 11.6 Å². The molecular weight excluding hydrogens is 198 g/mol. The number of halogens is 1. The number of likely N-dealkylation sites (N-methyl/N-ethyl adjacent to an activating group) is 1. The van der Waals surface area contributed by atoms with Crippen molar-refractivity contribution in [2.24, 2.45) is 0 Å². The van der Waals surface area contributed by atoms with Gasteiger partial charge in [0.05, 0.1) is 0 Å². The maximum Gasteiger partial charge on any atom is 0.119 e. The third kappa shape index (κ3) is 2.63. The predicted molar refractivity (Wildman–Crippen MR) is 60.1 cm³/mol. The van der Waals surface area contributed by atoms with E-state index in [1.807, 2.05) is 20.0 Å². The molecule has 2 N–H and O–H groups in total. The summed E-state index contributed by atoms with van der Waals surface area (Å²) in [4.78, 5) is 0. The van der Waals surface area contributed by atoms with Gasteiger partial charge in [0.1, 0.15) is 5.75 Å². The van der Waals surface area contributed by atoms with E-state index in [0.717, 1.165) is 35.5 Å². The SMILES string of the molecule is CCc1cc(O)c(CCNC)cc1Cl. The van der Waals surface area contributed by atoms with Crippen molar-refractivity contribution in [3.63, 3.8) is 0 Å². The van der Waals surface area contributed by atoms with Crippen molar-refractivity contribution < 1.29 is 5.11 Å². The zero-order valence-electron chi connectivity index (χ0n) is 8.60. The number of hydrogen-bond acceptors (Lipinski definition) is 2. The molecule has 0 amide bonds. The highest BCUT2D eigenvalue weighted by molar-refractivity contribution is 6.31. The maximum atomic E-state index is 9.69. The van der Waals surface area contributed by atoms with Crippen LogP contribution in [0.1, 0.15) is 18.1 Å². The average Bonchev–Trinajstić information content (AvgIpc) is 2.18. The second kappa shape index (κ2) is 5.23. The number of rotatable bonds is 4. The lowest BCUT2D eigenvalue weighted by molar-refractivity contribution is 0.466. The molecule has 78 valence electrons. The van der Waals surface area contributed by atoms with Gasteiger partial charge in [-0.05, 0) is 49.7 Å². The molecule has 0 saturated carbocycles. The van der Waals surface area contributed by atoms with Gasteiger partial charge in [-0.15, -0.1) is 0 Å². The number of aryl methyl sites for hydroxylation is 1. The molecule has 0 atom stereocenters. The minimum atomic E-state index is 0.349. The van der Waals surface area contributed by atoms with Gasteiger partial charge in [0.25, 0.3) is 0 Å². The minimum absolute atomic E-state index is 0.349. The summed E-state index contributed by atoms with van der Waals surface area (Å²) in [5.41, 5.74) is 1.90. The standard InChI is InChI=1S/C11H16ClNO/c1-3-8-7-11(14)9(4-5-13-2)6-10(8)12/h6-7,13-14H,3-5H2,1-2H3. The van der Waals surface area contributed by atoms with Gasteiger partial charge in [-0.2, -0.15) is 0 Å². The quantitative estimate of drug-likeness (QED) is 0.805. The summed E-state index contributed by atoms with van der Waals surface area (Å²) in [5.74, 6) is 0.349. The van der Waals surface area contributed by atoms with Crippen LogP contribution in [0.25, 0.3) is 0 Å². The van der Waals surface area contributed by atoms with E-state index in [1.165, 1.54) is 0 Å². The molecule has 0 aromatic heterocycles. The summed E-state index contributed by atoms with van der Waals surface area (Å²) < 4.78 is 0. The third-order valence-electron chi connectivity index (χ3n) is 2.27.